The van der Waals surface area contributed by atoms with E-state index in [1.165, 1.54) is 11.1 Å². The third-order valence-corrected chi connectivity index (χ3v) is 4.15. The lowest BCUT2D eigenvalue weighted by Crippen LogP contribution is -2.40. The van der Waals surface area contributed by atoms with Crippen LogP contribution in [0.1, 0.15) is 45.2 Å². The Labute approximate surface area is 123 Å². The van der Waals surface area contributed by atoms with Gasteiger partial charge in [0.1, 0.15) is 12.2 Å². The fourth-order valence-corrected chi connectivity index (χ4v) is 2.92. The van der Waals surface area contributed by atoms with Crippen LogP contribution < -0.4 is 5.32 Å². The van der Waals surface area contributed by atoms with Gasteiger partial charge in [0.25, 0.3) is 0 Å². The van der Waals surface area contributed by atoms with E-state index in [1.807, 2.05) is 0 Å². The van der Waals surface area contributed by atoms with Gasteiger partial charge in [-0.25, -0.2) is 4.68 Å². The van der Waals surface area contributed by atoms with Crippen molar-refractivity contribution in [3.05, 3.63) is 11.9 Å². The molecule has 1 fully saturated rings. The van der Waals surface area contributed by atoms with Crippen molar-refractivity contribution in [1.82, 2.24) is 20.3 Å². The molecular formula is C14H22N4O3. The van der Waals surface area contributed by atoms with Gasteiger partial charge in [-0.2, -0.15) is 0 Å². The van der Waals surface area contributed by atoms with Gasteiger partial charge < -0.3 is 10.4 Å². The van der Waals surface area contributed by atoms with Crippen LogP contribution in [0.15, 0.2) is 6.20 Å². The van der Waals surface area contributed by atoms with Gasteiger partial charge in [-0.05, 0) is 18.3 Å². The third-order valence-electron chi connectivity index (χ3n) is 4.15. The minimum absolute atomic E-state index is 0.0281. The average molecular weight is 294 g/mol. The normalized spacial score (nSPS) is 21.0. The summed E-state index contributed by atoms with van der Waals surface area (Å²) in [6.07, 6.45) is 5.81. The second-order valence-electron chi connectivity index (χ2n) is 6.31. The van der Waals surface area contributed by atoms with Crippen LogP contribution in [0.5, 0.6) is 0 Å². The number of rotatable bonds is 5. The SMILES string of the molecule is CC1(C)CCCCC1C(=O)NCc1cn(CC(=O)O)nn1. The number of carbonyl (C=O) groups excluding carboxylic acids is 1. The van der Waals surface area contributed by atoms with Gasteiger partial charge in [0.05, 0.1) is 12.7 Å². The molecule has 7 heteroatoms. The summed E-state index contributed by atoms with van der Waals surface area (Å²) in [6.45, 7) is 4.33. The van der Waals surface area contributed by atoms with Crippen LogP contribution in [0.25, 0.3) is 0 Å². The zero-order valence-corrected chi connectivity index (χ0v) is 12.5. The molecule has 7 nitrogen and oxygen atoms in total. The molecule has 0 aliphatic heterocycles. The van der Waals surface area contributed by atoms with Crippen LogP contribution in [0.2, 0.25) is 0 Å². The number of carboxylic acids is 1. The summed E-state index contributed by atoms with van der Waals surface area (Å²) in [5, 5.41) is 19.1. The maximum Gasteiger partial charge on any atom is 0.325 e. The zero-order valence-electron chi connectivity index (χ0n) is 12.5. The predicted octanol–water partition coefficient (Wildman–Crippen LogP) is 1.20. The molecule has 1 amide bonds. The van der Waals surface area contributed by atoms with Crippen LogP contribution >= 0.6 is 0 Å². The average Bonchev–Trinajstić information content (AvgIpc) is 2.82. The fourth-order valence-electron chi connectivity index (χ4n) is 2.92. The number of aliphatic carboxylic acids is 1. The monoisotopic (exact) mass is 294 g/mol. The highest BCUT2D eigenvalue weighted by molar-refractivity contribution is 5.79. The Bertz CT molecular complexity index is 524. The van der Waals surface area contributed by atoms with Crippen molar-refractivity contribution >= 4 is 11.9 Å². The van der Waals surface area contributed by atoms with E-state index in [1.54, 1.807) is 6.20 Å². The molecule has 1 aliphatic rings. The molecule has 0 aromatic carbocycles. The third kappa shape index (κ3) is 4.03. The molecule has 2 rings (SSSR count). The summed E-state index contributed by atoms with van der Waals surface area (Å²) in [5.41, 5.74) is 0.599. The van der Waals surface area contributed by atoms with E-state index in [0.717, 1.165) is 19.3 Å². The number of nitrogens with one attached hydrogen (secondary N) is 1. The van der Waals surface area contributed by atoms with Gasteiger partial charge in [0.2, 0.25) is 5.91 Å². The smallest absolute Gasteiger partial charge is 0.325 e. The highest BCUT2D eigenvalue weighted by Crippen LogP contribution is 2.40. The first-order valence-corrected chi connectivity index (χ1v) is 7.27. The molecule has 0 saturated heterocycles. The summed E-state index contributed by atoms with van der Waals surface area (Å²) < 4.78 is 1.24. The Morgan fingerprint density at radius 1 is 1.48 bits per heavy atom. The molecule has 1 saturated carbocycles. The summed E-state index contributed by atoms with van der Waals surface area (Å²) >= 11 is 0. The van der Waals surface area contributed by atoms with E-state index in [2.05, 4.69) is 29.5 Å². The molecule has 116 valence electrons. The van der Waals surface area contributed by atoms with Crippen LogP contribution in [0.4, 0.5) is 0 Å². The van der Waals surface area contributed by atoms with Gasteiger partial charge >= 0.3 is 5.97 Å². The molecule has 1 aromatic heterocycles. The van der Waals surface area contributed by atoms with Crippen molar-refractivity contribution in [2.75, 3.05) is 0 Å². The first-order valence-electron chi connectivity index (χ1n) is 7.27. The van der Waals surface area contributed by atoms with E-state index in [-0.39, 0.29) is 30.3 Å². The zero-order chi connectivity index (χ0) is 15.5. The number of hydrogen-bond donors (Lipinski definition) is 2. The molecule has 1 aromatic rings. The second kappa shape index (κ2) is 6.24. The van der Waals surface area contributed by atoms with E-state index in [9.17, 15) is 9.59 Å². The molecule has 0 bridgehead atoms. The molecule has 1 aliphatic carbocycles. The molecule has 1 unspecified atom stereocenters. The van der Waals surface area contributed by atoms with Gasteiger partial charge in [0, 0.05) is 5.92 Å². The summed E-state index contributed by atoms with van der Waals surface area (Å²) in [6, 6.07) is 0. The second-order valence-corrected chi connectivity index (χ2v) is 6.31. The number of hydrogen-bond acceptors (Lipinski definition) is 4. The minimum atomic E-state index is -0.973. The van der Waals surface area contributed by atoms with Crippen molar-refractivity contribution < 1.29 is 14.7 Å². The van der Waals surface area contributed by atoms with Crippen molar-refractivity contribution in [1.29, 1.82) is 0 Å². The first kappa shape index (κ1) is 15.5. The van der Waals surface area contributed by atoms with Gasteiger partial charge in [-0.15, -0.1) is 5.10 Å². The van der Waals surface area contributed by atoms with Gasteiger partial charge in [0.15, 0.2) is 0 Å². The van der Waals surface area contributed by atoms with Crippen molar-refractivity contribution in [3.8, 4) is 0 Å². The fraction of sp³-hybridized carbons (Fsp3) is 0.714. The lowest BCUT2D eigenvalue weighted by atomic mass is 9.68. The van der Waals surface area contributed by atoms with Crippen LogP contribution in [-0.4, -0.2) is 32.0 Å². The van der Waals surface area contributed by atoms with Crippen molar-refractivity contribution in [2.24, 2.45) is 11.3 Å². The summed E-state index contributed by atoms with van der Waals surface area (Å²) in [7, 11) is 0. The number of aromatic nitrogens is 3. The Balaban J connectivity index is 1.88. The molecule has 21 heavy (non-hydrogen) atoms. The largest absolute Gasteiger partial charge is 0.480 e. The van der Waals surface area contributed by atoms with Crippen LogP contribution in [-0.2, 0) is 22.7 Å². The number of nitrogens with zero attached hydrogens (tertiary/aromatic N) is 3. The quantitative estimate of drug-likeness (QED) is 0.850. The summed E-state index contributed by atoms with van der Waals surface area (Å²) in [4.78, 5) is 22.9. The van der Waals surface area contributed by atoms with Crippen molar-refractivity contribution in [2.45, 2.75) is 52.6 Å². The Morgan fingerprint density at radius 3 is 2.90 bits per heavy atom. The first-order chi connectivity index (χ1) is 9.88. The Kier molecular flexibility index (Phi) is 4.59. The van der Waals surface area contributed by atoms with Gasteiger partial charge in [-0.1, -0.05) is 31.9 Å². The molecule has 1 heterocycles. The maximum absolute atomic E-state index is 12.3. The Morgan fingerprint density at radius 2 is 2.24 bits per heavy atom. The molecule has 0 radical (unpaired) electrons. The van der Waals surface area contributed by atoms with Crippen molar-refractivity contribution in [3.63, 3.8) is 0 Å². The van der Waals surface area contributed by atoms with Gasteiger partial charge in [-0.3, -0.25) is 9.59 Å². The number of carboxylic acid groups (broad SMARTS) is 1. The number of amides is 1. The number of carbonyl (C=O) groups is 2. The van der Waals surface area contributed by atoms with E-state index >= 15 is 0 Å². The highest BCUT2D eigenvalue weighted by Gasteiger charge is 2.36. The minimum Gasteiger partial charge on any atom is -0.480 e. The van der Waals surface area contributed by atoms with E-state index < -0.39 is 5.97 Å². The van der Waals surface area contributed by atoms with Crippen LogP contribution in [0, 0.1) is 11.3 Å². The molecule has 0 spiro atoms. The van der Waals surface area contributed by atoms with Crippen LogP contribution in [0.3, 0.4) is 0 Å². The molecule has 1 atom stereocenters. The predicted molar refractivity (Wildman–Crippen MR) is 75.2 cm³/mol. The Hall–Kier alpha value is -1.92. The topological polar surface area (TPSA) is 97.1 Å². The molecular weight excluding hydrogens is 272 g/mol. The van der Waals surface area contributed by atoms with E-state index in [4.69, 9.17) is 5.11 Å². The lowest BCUT2D eigenvalue weighted by molar-refractivity contribution is -0.138. The maximum atomic E-state index is 12.3. The highest BCUT2D eigenvalue weighted by atomic mass is 16.4. The summed E-state index contributed by atoms with van der Waals surface area (Å²) in [5.74, 6) is -0.896. The molecule has 2 N–H and O–H groups in total. The lowest BCUT2D eigenvalue weighted by Gasteiger charge is -2.37. The van der Waals surface area contributed by atoms with E-state index in [0.29, 0.717) is 5.69 Å². The standard InChI is InChI=1S/C14H22N4O3/c1-14(2)6-4-3-5-11(14)13(21)15-7-10-8-18(17-16-10)9-12(19)20/h8,11H,3-7,9H2,1-2H3,(H,15,21)(H,19,20).